The molecule has 3 aromatic rings. The van der Waals surface area contributed by atoms with Gasteiger partial charge in [-0.15, -0.1) is 0 Å². The van der Waals surface area contributed by atoms with Gasteiger partial charge in [-0.2, -0.15) is 4.31 Å². The number of aryl methyl sites for hydroxylation is 1. The summed E-state index contributed by atoms with van der Waals surface area (Å²) in [6.45, 7) is 1.93. The van der Waals surface area contributed by atoms with E-state index < -0.39 is 21.0 Å². The van der Waals surface area contributed by atoms with E-state index >= 15 is 0 Å². The number of imidazole rings is 1. The number of hydrogen-bond acceptors (Lipinski definition) is 7. The number of sulfonamides is 1. The summed E-state index contributed by atoms with van der Waals surface area (Å²) in [5, 5.41) is 15.1. The van der Waals surface area contributed by atoms with Gasteiger partial charge in [-0.1, -0.05) is 30.3 Å². The fourth-order valence-electron chi connectivity index (χ4n) is 3.88. The average Bonchev–Trinajstić information content (AvgIpc) is 3.23. The predicted octanol–water partition coefficient (Wildman–Crippen LogP) is 2.47. The molecule has 0 aliphatic carbocycles. The van der Waals surface area contributed by atoms with Crippen LogP contribution in [0.1, 0.15) is 17.4 Å². The standard InChI is InChI=1S/C22H26N6O4S/c1-25-12-14-27(15-13-25)33(31,32)18-8-9-19(20(16-18)28(29)30)24-21(17-6-4-3-5-7-17)22-23-10-11-26(22)2/h3-11,16,21,24H,12-15H2,1-2H3/t21-/m1/s1. The smallest absolute Gasteiger partial charge is 0.293 e. The molecule has 2 heterocycles. The first-order valence-corrected chi connectivity index (χ1v) is 12.0. The third kappa shape index (κ3) is 4.75. The molecule has 0 bridgehead atoms. The van der Waals surface area contributed by atoms with Crippen LogP contribution in [0.4, 0.5) is 11.4 Å². The molecule has 0 spiro atoms. The second-order valence-corrected chi connectivity index (χ2v) is 9.97. The molecule has 0 radical (unpaired) electrons. The minimum absolute atomic E-state index is 0.0856. The van der Waals surface area contributed by atoms with E-state index in [1.165, 1.54) is 16.4 Å². The molecule has 1 fully saturated rings. The summed E-state index contributed by atoms with van der Waals surface area (Å²) in [5.74, 6) is 0.671. The minimum atomic E-state index is -3.83. The van der Waals surface area contributed by atoms with Crippen LogP contribution in [0.2, 0.25) is 0 Å². The lowest BCUT2D eigenvalue weighted by molar-refractivity contribution is -0.384. The van der Waals surface area contributed by atoms with E-state index in [1.807, 2.05) is 53.9 Å². The van der Waals surface area contributed by atoms with Crippen LogP contribution in [0.5, 0.6) is 0 Å². The highest BCUT2D eigenvalue weighted by Gasteiger charge is 2.30. The summed E-state index contributed by atoms with van der Waals surface area (Å²) in [6, 6.07) is 13.0. The van der Waals surface area contributed by atoms with Crippen LogP contribution in [0.25, 0.3) is 0 Å². The molecular formula is C22H26N6O4S. The monoisotopic (exact) mass is 470 g/mol. The first-order chi connectivity index (χ1) is 15.8. The maximum Gasteiger partial charge on any atom is 0.293 e. The number of likely N-dealkylation sites (N-methyl/N-ethyl adjacent to an activating group) is 1. The van der Waals surface area contributed by atoms with Crippen molar-refractivity contribution >= 4 is 21.4 Å². The molecule has 174 valence electrons. The van der Waals surface area contributed by atoms with Crippen molar-refractivity contribution in [3.8, 4) is 0 Å². The zero-order valence-electron chi connectivity index (χ0n) is 18.5. The third-order valence-corrected chi connectivity index (χ3v) is 7.71. The molecule has 1 saturated heterocycles. The Hall–Kier alpha value is -3.28. The fraction of sp³-hybridized carbons (Fsp3) is 0.318. The molecule has 1 aromatic heterocycles. The molecular weight excluding hydrogens is 444 g/mol. The summed E-state index contributed by atoms with van der Waals surface area (Å²) < 4.78 is 29.4. The average molecular weight is 471 g/mol. The van der Waals surface area contributed by atoms with Crippen LogP contribution in [-0.2, 0) is 17.1 Å². The van der Waals surface area contributed by atoms with Crippen molar-refractivity contribution in [3.05, 3.63) is 82.4 Å². The molecule has 4 rings (SSSR count). The number of piperazine rings is 1. The SMILES string of the molecule is CN1CCN(S(=O)(=O)c2ccc(N[C@H](c3ccccc3)c3nccn3C)c([N+](=O)[O-])c2)CC1. The summed E-state index contributed by atoms with van der Waals surface area (Å²) in [5.41, 5.74) is 0.782. The number of anilines is 1. The number of hydrogen-bond donors (Lipinski definition) is 1. The Balaban J connectivity index is 1.70. The molecule has 0 amide bonds. The summed E-state index contributed by atoms with van der Waals surface area (Å²) in [4.78, 5) is 17.7. The summed E-state index contributed by atoms with van der Waals surface area (Å²) >= 11 is 0. The van der Waals surface area contributed by atoms with Gasteiger partial charge in [0.05, 0.1) is 9.82 Å². The lowest BCUT2D eigenvalue weighted by Gasteiger charge is -2.31. The Morgan fingerprint density at radius 2 is 1.76 bits per heavy atom. The van der Waals surface area contributed by atoms with Crippen LogP contribution >= 0.6 is 0 Å². The number of nitro groups is 1. The molecule has 1 N–H and O–H groups in total. The highest BCUT2D eigenvalue weighted by Crippen LogP contribution is 2.33. The molecule has 2 aromatic carbocycles. The Bertz CT molecular complexity index is 1240. The van der Waals surface area contributed by atoms with Crippen LogP contribution in [-0.4, -0.2) is 65.3 Å². The second kappa shape index (κ2) is 9.30. The van der Waals surface area contributed by atoms with E-state index in [1.54, 1.807) is 12.4 Å². The van der Waals surface area contributed by atoms with Gasteiger partial charge in [-0.05, 0) is 24.7 Å². The maximum absolute atomic E-state index is 13.1. The molecule has 1 aliphatic heterocycles. The number of rotatable bonds is 7. The van der Waals surface area contributed by atoms with E-state index in [0.717, 1.165) is 11.6 Å². The van der Waals surface area contributed by atoms with Crippen molar-refractivity contribution in [3.63, 3.8) is 0 Å². The highest BCUT2D eigenvalue weighted by molar-refractivity contribution is 7.89. The number of nitro benzene ring substituents is 1. The Morgan fingerprint density at radius 3 is 2.36 bits per heavy atom. The van der Waals surface area contributed by atoms with Gasteiger partial charge >= 0.3 is 0 Å². The van der Waals surface area contributed by atoms with E-state index in [9.17, 15) is 18.5 Å². The van der Waals surface area contributed by atoms with Crippen molar-refractivity contribution in [2.45, 2.75) is 10.9 Å². The zero-order chi connectivity index (χ0) is 23.6. The molecule has 1 aliphatic rings. The molecule has 0 saturated carbocycles. The van der Waals surface area contributed by atoms with Gasteiger partial charge < -0.3 is 14.8 Å². The summed E-state index contributed by atoms with van der Waals surface area (Å²) in [6.07, 6.45) is 3.46. The molecule has 33 heavy (non-hydrogen) atoms. The van der Waals surface area contributed by atoms with Gasteiger partial charge in [0.25, 0.3) is 5.69 Å². The summed E-state index contributed by atoms with van der Waals surface area (Å²) in [7, 11) is -0.0529. The van der Waals surface area contributed by atoms with E-state index in [4.69, 9.17) is 0 Å². The van der Waals surface area contributed by atoms with Crippen molar-refractivity contribution in [1.29, 1.82) is 0 Å². The van der Waals surface area contributed by atoms with Crippen molar-refractivity contribution in [1.82, 2.24) is 18.8 Å². The van der Waals surface area contributed by atoms with E-state index in [2.05, 4.69) is 10.3 Å². The largest absolute Gasteiger partial charge is 0.366 e. The molecule has 1 atom stereocenters. The minimum Gasteiger partial charge on any atom is -0.366 e. The maximum atomic E-state index is 13.1. The number of benzene rings is 2. The number of nitrogens with one attached hydrogen (secondary N) is 1. The van der Waals surface area contributed by atoms with Gasteiger partial charge in [0.1, 0.15) is 17.6 Å². The van der Waals surface area contributed by atoms with Crippen LogP contribution in [0.15, 0.2) is 65.8 Å². The van der Waals surface area contributed by atoms with Gasteiger partial charge in [0, 0.05) is 51.7 Å². The van der Waals surface area contributed by atoms with Crippen molar-refractivity contribution in [2.24, 2.45) is 7.05 Å². The molecule has 10 nitrogen and oxygen atoms in total. The molecule has 11 heteroatoms. The van der Waals surface area contributed by atoms with Gasteiger partial charge in [0.15, 0.2) is 0 Å². The number of nitrogens with zero attached hydrogens (tertiary/aromatic N) is 5. The molecule has 0 unspecified atom stereocenters. The van der Waals surface area contributed by atoms with Gasteiger partial charge in [0.2, 0.25) is 10.0 Å². The fourth-order valence-corrected chi connectivity index (χ4v) is 5.32. The Morgan fingerprint density at radius 1 is 1.06 bits per heavy atom. The predicted molar refractivity (Wildman–Crippen MR) is 124 cm³/mol. The van der Waals surface area contributed by atoms with Crippen LogP contribution < -0.4 is 5.32 Å². The van der Waals surface area contributed by atoms with Crippen LogP contribution in [0, 0.1) is 10.1 Å². The lowest BCUT2D eigenvalue weighted by Crippen LogP contribution is -2.47. The Labute approximate surface area is 192 Å². The first kappa shape index (κ1) is 22.9. The highest BCUT2D eigenvalue weighted by atomic mass is 32.2. The third-order valence-electron chi connectivity index (χ3n) is 5.82. The van der Waals surface area contributed by atoms with Gasteiger partial charge in [-0.3, -0.25) is 10.1 Å². The quantitative estimate of drug-likeness (QED) is 0.417. The number of aromatic nitrogens is 2. The topological polar surface area (TPSA) is 114 Å². The van der Waals surface area contributed by atoms with Crippen molar-refractivity contribution in [2.75, 3.05) is 38.5 Å². The van der Waals surface area contributed by atoms with Crippen LogP contribution in [0.3, 0.4) is 0 Å². The zero-order valence-corrected chi connectivity index (χ0v) is 19.3. The lowest BCUT2D eigenvalue weighted by atomic mass is 10.1. The van der Waals surface area contributed by atoms with Crippen molar-refractivity contribution < 1.29 is 13.3 Å². The second-order valence-electron chi connectivity index (χ2n) is 8.03. The van der Waals surface area contributed by atoms with E-state index in [-0.39, 0.29) is 16.3 Å². The first-order valence-electron chi connectivity index (χ1n) is 10.5. The normalized spacial score (nSPS) is 16.4. The van der Waals surface area contributed by atoms with Gasteiger partial charge in [-0.25, -0.2) is 13.4 Å². The Kier molecular flexibility index (Phi) is 6.45. The van der Waals surface area contributed by atoms with E-state index in [0.29, 0.717) is 32.0 Å².